The maximum absolute atomic E-state index is 13.8. The largest absolute Gasteiger partial charge is 0.510 e. The van der Waals surface area contributed by atoms with E-state index < -0.39 is 69.7 Å². The molecule has 2 aromatic carbocycles. The summed E-state index contributed by atoms with van der Waals surface area (Å²) in [6.45, 7) is -0.0503. The van der Waals surface area contributed by atoms with Crippen LogP contribution in [-0.4, -0.2) is 81.0 Å². The lowest BCUT2D eigenvalue weighted by atomic mass is 9.58. The van der Waals surface area contributed by atoms with Gasteiger partial charge in [-0.3, -0.25) is 28.9 Å². The minimum absolute atomic E-state index is 0.0142. The van der Waals surface area contributed by atoms with Gasteiger partial charge in [0.25, 0.3) is 5.91 Å². The molecule has 0 heterocycles. The Labute approximate surface area is 246 Å². The third-order valence-electron chi connectivity index (χ3n) is 8.29. The number of anilines is 1. The molecular formula is C30H32N4O9. The monoisotopic (exact) mass is 592 g/mol. The highest BCUT2D eigenvalue weighted by molar-refractivity contribution is 6.25. The maximum Gasteiger partial charge on any atom is 0.255 e. The van der Waals surface area contributed by atoms with Crippen LogP contribution in [0.25, 0.3) is 0 Å². The normalized spacial score (nSPS) is 24.9. The van der Waals surface area contributed by atoms with Gasteiger partial charge in [0.1, 0.15) is 23.6 Å². The molecule has 0 aromatic heterocycles. The summed E-state index contributed by atoms with van der Waals surface area (Å²) in [5.74, 6) is -7.95. The predicted molar refractivity (Wildman–Crippen MR) is 152 cm³/mol. The van der Waals surface area contributed by atoms with Gasteiger partial charge in [-0.1, -0.05) is 36.4 Å². The summed E-state index contributed by atoms with van der Waals surface area (Å²) < 4.78 is 0. The minimum Gasteiger partial charge on any atom is -0.510 e. The van der Waals surface area contributed by atoms with Gasteiger partial charge in [-0.25, -0.2) is 0 Å². The Morgan fingerprint density at radius 2 is 1.79 bits per heavy atom. The van der Waals surface area contributed by atoms with Crippen molar-refractivity contribution in [3.8, 4) is 5.75 Å². The molecule has 2 aromatic rings. The van der Waals surface area contributed by atoms with Gasteiger partial charge in [0, 0.05) is 11.5 Å². The molecule has 43 heavy (non-hydrogen) atoms. The number of carbonyl (C=O) groups is 4. The van der Waals surface area contributed by atoms with Crippen LogP contribution in [0.3, 0.4) is 0 Å². The third kappa shape index (κ3) is 4.95. The molecular weight excluding hydrogens is 560 g/mol. The van der Waals surface area contributed by atoms with Gasteiger partial charge in [0.05, 0.1) is 23.9 Å². The van der Waals surface area contributed by atoms with Gasteiger partial charge >= 0.3 is 0 Å². The van der Waals surface area contributed by atoms with Gasteiger partial charge in [-0.15, -0.1) is 0 Å². The van der Waals surface area contributed by atoms with E-state index in [1.807, 2.05) is 30.3 Å². The van der Waals surface area contributed by atoms with Crippen LogP contribution < -0.4 is 16.5 Å². The Hall–Kier alpha value is -4.56. The van der Waals surface area contributed by atoms with E-state index in [1.165, 1.54) is 11.0 Å². The van der Waals surface area contributed by atoms with Crippen molar-refractivity contribution < 1.29 is 44.4 Å². The summed E-state index contributed by atoms with van der Waals surface area (Å²) in [5.41, 5.74) is 5.04. The number of nitrogens with one attached hydrogen (secondary N) is 2. The highest BCUT2D eigenvalue weighted by Crippen LogP contribution is 2.52. The van der Waals surface area contributed by atoms with Crippen LogP contribution in [0.1, 0.15) is 27.9 Å². The quantitative estimate of drug-likeness (QED) is 0.0985. The second-order valence-corrected chi connectivity index (χ2v) is 11.1. The molecule has 5 rings (SSSR count). The van der Waals surface area contributed by atoms with E-state index in [9.17, 15) is 39.6 Å². The summed E-state index contributed by atoms with van der Waals surface area (Å²) in [6.07, 6.45) is 0.130. The Morgan fingerprint density at radius 1 is 1.09 bits per heavy atom. The molecule has 13 heteroatoms. The molecule has 3 aliphatic rings. The van der Waals surface area contributed by atoms with Crippen molar-refractivity contribution in [1.82, 2.24) is 10.4 Å². The van der Waals surface area contributed by atoms with Gasteiger partial charge in [0.2, 0.25) is 11.7 Å². The van der Waals surface area contributed by atoms with Crippen molar-refractivity contribution in [1.29, 1.82) is 0 Å². The zero-order valence-electron chi connectivity index (χ0n) is 23.5. The SMILES string of the molecule is CN(C)[C@@H]1C(O)=C(C(N)=O)C(=O)[C@@]2(O)C(O)=C3C(=O)c4c(ccc(NC(=O)CNOCc5ccccc5)c4O)CC3CC12. The zero-order chi connectivity index (χ0) is 31.2. The van der Waals surface area contributed by atoms with Crippen LogP contribution in [0.5, 0.6) is 5.75 Å². The van der Waals surface area contributed by atoms with E-state index in [1.54, 1.807) is 20.2 Å². The first-order chi connectivity index (χ1) is 20.4. The number of aliphatic hydroxyl groups is 3. The molecule has 0 fully saturated rings. The third-order valence-corrected chi connectivity index (χ3v) is 8.29. The van der Waals surface area contributed by atoms with Gasteiger partial charge in [0.15, 0.2) is 17.1 Å². The number of rotatable bonds is 8. The lowest BCUT2D eigenvalue weighted by Gasteiger charge is -2.50. The smallest absolute Gasteiger partial charge is 0.255 e. The first-order valence-corrected chi connectivity index (χ1v) is 13.6. The molecule has 0 bridgehead atoms. The molecule has 226 valence electrons. The van der Waals surface area contributed by atoms with Gasteiger partial charge in [-0.2, -0.15) is 5.48 Å². The average Bonchev–Trinajstić information content (AvgIpc) is 2.95. The van der Waals surface area contributed by atoms with E-state index in [-0.39, 0.29) is 42.8 Å². The van der Waals surface area contributed by atoms with Crippen LogP contribution in [0.4, 0.5) is 5.69 Å². The van der Waals surface area contributed by atoms with E-state index >= 15 is 0 Å². The number of phenols is 1. The molecule has 13 nitrogen and oxygen atoms in total. The number of hydrogen-bond donors (Lipinski definition) is 7. The van der Waals surface area contributed by atoms with E-state index in [0.717, 1.165) is 5.56 Å². The fourth-order valence-corrected chi connectivity index (χ4v) is 6.35. The Balaban J connectivity index is 1.41. The first-order valence-electron chi connectivity index (χ1n) is 13.6. The maximum atomic E-state index is 13.8. The number of allylic oxidation sites excluding steroid dienone is 1. The van der Waals surface area contributed by atoms with Crippen molar-refractivity contribution >= 4 is 29.1 Å². The summed E-state index contributed by atoms with van der Waals surface area (Å²) in [7, 11) is 3.12. The van der Waals surface area contributed by atoms with Crippen LogP contribution in [0.15, 0.2) is 65.1 Å². The number of aliphatic hydroxyl groups excluding tert-OH is 2. The lowest BCUT2D eigenvalue weighted by Crippen LogP contribution is -2.63. The summed E-state index contributed by atoms with van der Waals surface area (Å²) >= 11 is 0. The van der Waals surface area contributed by atoms with E-state index in [0.29, 0.717) is 5.56 Å². The Morgan fingerprint density at radius 3 is 2.44 bits per heavy atom. The minimum atomic E-state index is -2.72. The summed E-state index contributed by atoms with van der Waals surface area (Å²) in [6, 6.07) is 11.2. The summed E-state index contributed by atoms with van der Waals surface area (Å²) in [5, 5.41) is 47.4. The van der Waals surface area contributed by atoms with E-state index in [2.05, 4.69) is 10.8 Å². The number of ketones is 2. The average molecular weight is 593 g/mol. The molecule has 0 aliphatic heterocycles. The number of carbonyl (C=O) groups excluding carboxylic acids is 4. The molecule has 0 spiro atoms. The highest BCUT2D eigenvalue weighted by Gasteiger charge is 2.63. The number of Topliss-reactive ketones (excluding diaryl/α,β-unsaturated/α-hetero) is 2. The number of fused-ring (bicyclic) bond motifs is 3. The molecule has 0 saturated carbocycles. The number of nitrogens with zero attached hydrogens (tertiary/aromatic N) is 1. The number of hydrogen-bond acceptors (Lipinski definition) is 11. The number of primary amides is 1. The first kappa shape index (κ1) is 29.9. The number of amides is 2. The highest BCUT2D eigenvalue weighted by atomic mass is 16.6. The number of likely N-dealkylation sites (N-methyl/N-ethyl adjacent to an activating group) is 1. The fourth-order valence-electron chi connectivity index (χ4n) is 6.35. The number of benzene rings is 2. The fraction of sp³-hybridized carbons (Fsp3) is 0.333. The molecule has 0 saturated heterocycles. The van der Waals surface area contributed by atoms with Crippen molar-refractivity contribution in [3.05, 3.63) is 81.8 Å². The van der Waals surface area contributed by atoms with Gasteiger partial charge in [-0.05, 0) is 50.0 Å². The van der Waals surface area contributed by atoms with Crippen LogP contribution in [0, 0.1) is 11.8 Å². The predicted octanol–water partition coefficient (Wildman–Crippen LogP) is 0.781. The van der Waals surface area contributed by atoms with E-state index in [4.69, 9.17) is 10.6 Å². The van der Waals surface area contributed by atoms with Crippen molar-refractivity contribution in [2.24, 2.45) is 17.6 Å². The number of hydroxylamine groups is 1. The van der Waals surface area contributed by atoms with Crippen molar-refractivity contribution in [3.63, 3.8) is 0 Å². The standard InChI is InChI=1S/C30H32N4O9/c1-34(2)23-17-11-16-10-15-8-9-18(33-19(35)12-32-43-13-14-6-4-3-5-7-14)24(36)20(15)25(37)21(16)27(39)30(17,42)28(40)22(26(23)38)29(31)41/h3-9,16-17,23,32,36,38-39,42H,10-13H2,1-2H3,(H2,31,41)(H,33,35)/t16?,17?,23-,30-/m0/s1. The van der Waals surface area contributed by atoms with Crippen molar-refractivity contribution in [2.45, 2.75) is 31.1 Å². The molecule has 3 aliphatic carbocycles. The number of nitrogens with two attached hydrogens (primary N) is 1. The Kier molecular flexibility index (Phi) is 7.84. The molecule has 8 N–H and O–H groups in total. The second-order valence-electron chi connectivity index (χ2n) is 11.1. The second kappa shape index (κ2) is 11.3. The molecule has 2 amide bonds. The molecule has 0 radical (unpaired) electrons. The Bertz CT molecular complexity index is 1580. The summed E-state index contributed by atoms with van der Waals surface area (Å²) in [4.78, 5) is 58.5. The van der Waals surface area contributed by atoms with Gasteiger partial charge < -0.3 is 31.5 Å². The topological polar surface area (TPSA) is 212 Å². The molecule has 2 unspecified atom stereocenters. The van der Waals surface area contributed by atoms with Crippen LogP contribution >= 0.6 is 0 Å². The number of phenolic OH excluding ortho intramolecular Hbond substituents is 1. The van der Waals surface area contributed by atoms with Crippen LogP contribution in [-0.2, 0) is 32.2 Å². The number of aromatic hydroxyl groups is 1. The molecule has 4 atom stereocenters. The lowest BCUT2D eigenvalue weighted by molar-refractivity contribution is -0.148. The van der Waals surface area contributed by atoms with Crippen molar-refractivity contribution in [2.75, 3.05) is 26.0 Å². The zero-order valence-corrected chi connectivity index (χ0v) is 23.5. The van der Waals surface area contributed by atoms with Crippen LogP contribution in [0.2, 0.25) is 0 Å².